The Bertz CT molecular complexity index is 105. The molecule has 10 heavy (non-hydrogen) atoms. The van der Waals surface area contributed by atoms with Crippen LogP contribution in [0.2, 0.25) is 0 Å². The van der Waals surface area contributed by atoms with Crippen LogP contribution in [0.1, 0.15) is 13.8 Å². The first kappa shape index (κ1) is 10.0. The van der Waals surface area contributed by atoms with E-state index in [1.165, 1.54) is 0 Å². The molecule has 5 heteroatoms. The largest absolute Gasteiger partial charge is 0.303 e. The lowest BCUT2D eigenvalue weighted by atomic mass is 10.6. The van der Waals surface area contributed by atoms with Crippen molar-refractivity contribution in [2.45, 2.75) is 13.8 Å². The van der Waals surface area contributed by atoms with E-state index in [1.54, 1.807) is 0 Å². The summed E-state index contributed by atoms with van der Waals surface area (Å²) in [6.07, 6.45) is 0. The molecule has 4 nitrogen and oxygen atoms in total. The van der Waals surface area contributed by atoms with Crippen molar-refractivity contribution < 1.29 is 12.9 Å². The number of hydrogen-bond donors (Lipinski definition) is 1. The van der Waals surface area contributed by atoms with Gasteiger partial charge in [0.15, 0.2) is 0 Å². The third-order valence-electron chi connectivity index (χ3n) is 1.23. The molecule has 0 aromatic carbocycles. The number of hydrogen-bond acceptors (Lipinski definition) is 3. The highest BCUT2D eigenvalue weighted by Gasteiger charge is 1.99. The Morgan fingerprint density at radius 2 is 2.00 bits per heavy atom. The molecular weight excluding hydrogens is 154 g/mol. The zero-order chi connectivity index (χ0) is 7.98. The SMILES string of the molecule is CCN(CC)COS(=O)O. The highest BCUT2D eigenvalue weighted by atomic mass is 32.2. The van der Waals surface area contributed by atoms with E-state index >= 15 is 0 Å². The Hall–Kier alpha value is 0.0300. The van der Waals surface area contributed by atoms with E-state index in [1.807, 2.05) is 18.7 Å². The predicted octanol–water partition coefficient (Wildman–Crippen LogP) is 0.439. The van der Waals surface area contributed by atoms with E-state index in [0.29, 0.717) is 0 Å². The molecule has 0 aliphatic carbocycles. The summed E-state index contributed by atoms with van der Waals surface area (Å²) in [6, 6.07) is 0. The average Bonchev–Trinajstić information content (AvgIpc) is 1.90. The lowest BCUT2D eigenvalue weighted by Crippen LogP contribution is -2.26. The number of nitrogens with zero attached hydrogens (tertiary/aromatic N) is 1. The Morgan fingerprint density at radius 1 is 1.50 bits per heavy atom. The third-order valence-corrected chi connectivity index (χ3v) is 1.54. The maximum atomic E-state index is 10.00. The molecular formula is C5H13NO3S. The predicted molar refractivity (Wildman–Crippen MR) is 39.6 cm³/mol. The van der Waals surface area contributed by atoms with Crippen LogP contribution >= 0.6 is 0 Å². The summed E-state index contributed by atoms with van der Waals surface area (Å²) in [5.41, 5.74) is 0. The van der Waals surface area contributed by atoms with Gasteiger partial charge in [0, 0.05) is 0 Å². The van der Waals surface area contributed by atoms with Gasteiger partial charge in [-0.1, -0.05) is 13.8 Å². The van der Waals surface area contributed by atoms with Gasteiger partial charge in [0.2, 0.25) is 0 Å². The van der Waals surface area contributed by atoms with E-state index in [-0.39, 0.29) is 6.73 Å². The molecule has 0 saturated carbocycles. The molecule has 0 spiro atoms. The van der Waals surface area contributed by atoms with Crippen molar-refractivity contribution in [1.82, 2.24) is 4.90 Å². The van der Waals surface area contributed by atoms with Gasteiger partial charge in [0.25, 0.3) is 0 Å². The van der Waals surface area contributed by atoms with Gasteiger partial charge >= 0.3 is 11.4 Å². The molecule has 0 fully saturated rings. The van der Waals surface area contributed by atoms with Crippen molar-refractivity contribution in [2.24, 2.45) is 0 Å². The highest BCUT2D eigenvalue weighted by molar-refractivity contribution is 7.74. The summed E-state index contributed by atoms with van der Waals surface area (Å²) in [7, 11) is 0. The first-order valence-corrected chi connectivity index (χ1v) is 4.20. The molecule has 0 saturated heterocycles. The maximum Gasteiger partial charge on any atom is 0.303 e. The molecule has 0 aromatic heterocycles. The van der Waals surface area contributed by atoms with Crippen LogP contribution in [0, 0.1) is 0 Å². The van der Waals surface area contributed by atoms with Gasteiger partial charge in [-0.3, -0.25) is 13.6 Å². The minimum atomic E-state index is -2.13. The van der Waals surface area contributed by atoms with E-state index in [0.717, 1.165) is 13.1 Å². The normalized spacial score (nSPS) is 14.0. The third kappa shape index (κ3) is 4.87. The zero-order valence-electron chi connectivity index (χ0n) is 6.24. The van der Waals surface area contributed by atoms with E-state index in [2.05, 4.69) is 4.18 Å². The lowest BCUT2D eigenvalue weighted by Gasteiger charge is -2.15. The molecule has 0 rings (SSSR count). The fraction of sp³-hybridized carbons (Fsp3) is 1.00. The maximum absolute atomic E-state index is 10.00. The average molecular weight is 167 g/mol. The molecule has 0 aromatic rings. The summed E-state index contributed by atoms with van der Waals surface area (Å²) in [5, 5.41) is 0. The fourth-order valence-corrected chi connectivity index (χ4v) is 0.765. The van der Waals surface area contributed by atoms with Crippen LogP contribution in [0.3, 0.4) is 0 Å². The second-order valence-corrected chi connectivity index (χ2v) is 2.44. The molecule has 0 aliphatic heterocycles. The Balaban J connectivity index is 3.34. The highest BCUT2D eigenvalue weighted by Crippen LogP contribution is 1.88. The van der Waals surface area contributed by atoms with Crippen molar-refractivity contribution in [1.29, 1.82) is 0 Å². The summed E-state index contributed by atoms with van der Waals surface area (Å²) in [5.74, 6) is 0. The molecule has 0 radical (unpaired) electrons. The molecule has 0 amide bonds. The summed E-state index contributed by atoms with van der Waals surface area (Å²) in [6.45, 7) is 5.80. The van der Waals surface area contributed by atoms with E-state index in [4.69, 9.17) is 4.55 Å². The molecule has 0 bridgehead atoms. The second-order valence-electron chi connectivity index (χ2n) is 1.77. The Morgan fingerprint density at radius 3 is 2.30 bits per heavy atom. The van der Waals surface area contributed by atoms with Crippen molar-refractivity contribution >= 4 is 11.4 Å². The molecule has 62 valence electrons. The minimum absolute atomic E-state index is 0.218. The van der Waals surface area contributed by atoms with Crippen LogP contribution < -0.4 is 0 Å². The lowest BCUT2D eigenvalue weighted by molar-refractivity contribution is 0.140. The van der Waals surface area contributed by atoms with Crippen LogP contribution in [-0.4, -0.2) is 33.5 Å². The van der Waals surface area contributed by atoms with Gasteiger partial charge in [-0.15, -0.1) is 0 Å². The van der Waals surface area contributed by atoms with Crippen molar-refractivity contribution in [3.05, 3.63) is 0 Å². The van der Waals surface area contributed by atoms with Crippen LogP contribution in [-0.2, 0) is 15.5 Å². The van der Waals surface area contributed by atoms with Crippen LogP contribution in [0.5, 0.6) is 0 Å². The standard InChI is InChI=1S/C5H13NO3S/c1-3-6(4-2)5-9-10(7)8/h3-5H2,1-2H3,(H,7,8). The minimum Gasteiger partial charge on any atom is -0.284 e. The quantitative estimate of drug-likeness (QED) is 0.477. The smallest absolute Gasteiger partial charge is 0.284 e. The Labute approximate surface area is 63.7 Å². The van der Waals surface area contributed by atoms with Gasteiger partial charge in [0.05, 0.1) is 0 Å². The molecule has 0 heterocycles. The summed E-state index contributed by atoms with van der Waals surface area (Å²) in [4.78, 5) is 1.90. The van der Waals surface area contributed by atoms with Crippen molar-refractivity contribution in [3.63, 3.8) is 0 Å². The summed E-state index contributed by atoms with van der Waals surface area (Å²) >= 11 is -2.13. The van der Waals surface area contributed by atoms with Gasteiger partial charge in [0.1, 0.15) is 6.73 Å². The molecule has 1 N–H and O–H groups in total. The molecule has 1 atom stereocenters. The second kappa shape index (κ2) is 5.79. The van der Waals surface area contributed by atoms with Gasteiger partial charge in [-0.25, -0.2) is 0 Å². The van der Waals surface area contributed by atoms with Gasteiger partial charge in [-0.2, -0.15) is 4.21 Å². The van der Waals surface area contributed by atoms with Gasteiger partial charge < -0.3 is 0 Å². The van der Waals surface area contributed by atoms with Gasteiger partial charge in [-0.05, 0) is 13.1 Å². The summed E-state index contributed by atoms with van der Waals surface area (Å²) < 4.78 is 22.7. The van der Waals surface area contributed by atoms with Crippen molar-refractivity contribution in [2.75, 3.05) is 19.8 Å². The first-order valence-electron chi connectivity index (χ1n) is 3.17. The number of rotatable bonds is 5. The Kier molecular flexibility index (Phi) is 5.81. The van der Waals surface area contributed by atoms with Crippen LogP contribution in [0.15, 0.2) is 0 Å². The fourth-order valence-electron chi connectivity index (χ4n) is 0.526. The first-order chi connectivity index (χ1) is 4.70. The van der Waals surface area contributed by atoms with E-state index in [9.17, 15) is 4.21 Å². The van der Waals surface area contributed by atoms with E-state index < -0.39 is 11.4 Å². The molecule has 0 aliphatic rings. The zero-order valence-corrected chi connectivity index (χ0v) is 7.06. The van der Waals surface area contributed by atoms with Crippen LogP contribution in [0.4, 0.5) is 0 Å². The molecule has 1 unspecified atom stereocenters. The topological polar surface area (TPSA) is 49.8 Å². The van der Waals surface area contributed by atoms with Crippen molar-refractivity contribution in [3.8, 4) is 0 Å². The monoisotopic (exact) mass is 167 g/mol. The van der Waals surface area contributed by atoms with Crippen LogP contribution in [0.25, 0.3) is 0 Å².